The summed E-state index contributed by atoms with van der Waals surface area (Å²) < 4.78 is 2.14. The monoisotopic (exact) mass is 258 g/mol. The molecular weight excluding hydrogens is 244 g/mol. The summed E-state index contributed by atoms with van der Waals surface area (Å²) in [6.45, 7) is 2.53. The van der Waals surface area contributed by atoms with Crippen molar-refractivity contribution in [3.05, 3.63) is 42.1 Å². The molecule has 0 saturated heterocycles. The third-order valence-electron chi connectivity index (χ3n) is 3.22. The van der Waals surface area contributed by atoms with E-state index in [1.165, 1.54) is 0 Å². The second-order valence-electron chi connectivity index (χ2n) is 4.35. The van der Waals surface area contributed by atoms with Gasteiger partial charge < -0.3 is 20.4 Å². The molecular formula is C12H14N6O. The fourth-order valence-electron chi connectivity index (χ4n) is 2.15. The van der Waals surface area contributed by atoms with Gasteiger partial charge in [-0.3, -0.25) is 0 Å². The van der Waals surface area contributed by atoms with Crippen molar-refractivity contribution >= 4 is 11.7 Å². The first-order chi connectivity index (χ1) is 9.28. The molecule has 2 aromatic rings. The van der Waals surface area contributed by atoms with Gasteiger partial charge in [0, 0.05) is 37.2 Å². The van der Waals surface area contributed by atoms with E-state index in [0.29, 0.717) is 5.56 Å². The van der Waals surface area contributed by atoms with Crippen molar-refractivity contribution in [2.45, 2.75) is 13.1 Å². The Morgan fingerprint density at radius 3 is 2.95 bits per heavy atom. The average Bonchev–Trinajstić information content (AvgIpc) is 2.94. The lowest BCUT2D eigenvalue weighted by atomic mass is 10.2. The Balaban J connectivity index is 1.81. The summed E-state index contributed by atoms with van der Waals surface area (Å²) in [5, 5.41) is 11.6. The number of imidazole rings is 1. The lowest BCUT2D eigenvalue weighted by Crippen LogP contribution is -2.34. The van der Waals surface area contributed by atoms with Gasteiger partial charge in [0.25, 0.3) is 0 Å². The van der Waals surface area contributed by atoms with Gasteiger partial charge in [-0.25, -0.2) is 9.97 Å². The highest BCUT2D eigenvalue weighted by Gasteiger charge is 2.17. The van der Waals surface area contributed by atoms with E-state index in [1.54, 1.807) is 12.3 Å². The highest BCUT2D eigenvalue weighted by atomic mass is 16.4. The van der Waals surface area contributed by atoms with Crippen molar-refractivity contribution < 1.29 is 5.21 Å². The van der Waals surface area contributed by atoms with Crippen LogP contribution < -0.4 is 10.6 Å². The Morgan fingerprint density at radius 2 is 2.21 bits per heavy atom. The molecule has 0 aromatic carbocycles. The largest absolute Gasteiger partial charge is 0.409 e. The first kappa shape index (κ1) is 11.5. The van der Waals surface area contributed by atoms with Crippen molar-refractivity contribution in [2.24, 2.45) is 10.9 Å². The van der Waals surface area contributed by atoms with Crippen LogP contribution in [0.3, 0.4) is 0 Å². The smallest absolute Gasteiger partial charge is 0.171 e. The number of rotatable bonds is 2. The van der Waals surface area contributed by atoms with Crippen LogP contribution in [0, 0.1) is 0 Å². The third-order valence-corrected chi connectivity index (χ3v) is 3.22. The van der Waals surface area contributed by atoms with E-state index in [4.69, 9.17) is 10.9 Å². The van der Waals surface area contributed by atoms with Crippen LogP contribution in [-0.2, 0) is 13.1 Å². The minimum atomic E-state index is 0.0632. The van der Waals surface area contributed by atoms with Crippen LogP contribution in [-0.4, -0.2) is 32.1 Å². The van der Waals surface area contributed by atoms with E-state index in [-0.39, 0.29) is 5.84 Å². The van der Waals surface area contributed by atoms with Crippen molar-refractivity contribution in [1.29, 1.82) is 0 Å². The Labute approximate surface area is 110 Å². The van der Waals surface area contributed by atoms with Crippen LogP contribution >= 0.6 is 0 Å². The van der Waals surface area contributed by atoms with Crippen molar-refractivity contribution in [3.8, 4) is 0 Å². The maximum Gasteiger partial charge on any atom is 0.171 e. The number of nitrogens with zero attached hydrogens (tertiary/aromatic N) is 5. The van der Waals surface area contributed by atoms with E-state index < -0.39 is 0 Å². The number of oxime groups is 1. The molecule has 98 valence electrons. The summed E-state index contributed by atoms with van der Waals surface area (Å²) in [5.74, 6) is 1.96. The van der Waals surface area contributed by atoms with Gasteiger partial charge in [0.2, 0.25) is 0 Å². The molecule has 1 aliphatic heterocycles. The molecule has 0 bridgehead atoms. The molecule has 0 saturated carbocycles. The fourth-order valence-corrected chi connectivity index (χ4v) is 2.15. The van der Waals surface area contributed by atoms with Gasteiger partial charge >= 0.3 is 0 Å². The number of hydrogen-bond acceptors (Lipinski definition) is 5. The van der Waals surface area contributed by atoms with Gasteiger partial charge in [-0.2, -0.15) is 0 Å². The van der Waals surface area contributed by atoms with E-state index in [2.05, 4.69) is 24.6 Å². The lowest BCUT2D eigenvalue weighted by molar-refractivity contribution is 0.318. The Bertz CT molecular complexity index is 603. The van der Waals surface area contributed by atoms with Crippen LogP contribution in [0.2, 0.25) is 0 Å². The summed E-state index contributed by atoms with van der Waals surface area (Å²) >= 11 is 0. The van der Waals surface area contributed by atoms with Gasteiger partial charge in [-0.05, 0) is 12.1 Å². The van der Waals surface area contributed by atoms with Crippen molar-refractivity contribution in [1.82, 2.24) is 14.5 Å². The molecule has 0 fully saturated rings. The third kappa shape index (κ3) is 2.10. The molecule has 1 aliphatic rings. The zero-order chi connectivity index (χ0) is 13.2. The molecule has 7 heteroatoms. The van der Waals surface area contributed by atoms with E-state index in [9.17, 15) is 0 Å². The highest BCUT2D eigenvalue weighted by Crippen LogP contribution is 2.18. The average molecular weight is 258 g/mol. The minimum Gasteiger partial charge on any atom is -0.409 e. The Morgan fingerprint density at radius 1 is 1.32 bits per heavy atom. The molecule has 0 amide bonds. The second-order valence-corrected chi connectivity index (χ2v) is 4.35. The van der Waals surface area contributed by atoms with Gasteiger partial charge in [0.05, 0.1) is 6.54 Å². The van der Waals surface area contributed by atoms with Crippen molar-refractivity contribution in [3.63, 3.8) is 0 Å². The van der Waals surface area contributed by atoms with Crippen molar-refractivity contribution in [2.75, 3.05) is 11.4 Å². The highest BCUT2D eigenvalue weighted by molar-refractivity contribution is 5.96. The molecule has 7 nitrogen and oxygen atoms in total. The minimum absolute atomic E-state index is 0.0632. The molecule has 3 N–H and O–H groups in total. The van der Waals surface area contributed by atoms with Crippen LogP contribution in [0.4, 0.5) is 5.82 Å². The van der Waals surface area contributed by atoms with Crippen LogP contribution in [0.1, 0.15) is 11.4 Å². The van der Waals surface area contributed by atoms with E-state index in [0.717, 1.165) is 31.3 Å². The van der Waals surface area contributed by atoms with E-state index in [1.807, 2.05) is 18.5 Å². The fraction of sp³-hybridized carbons (Fsp3) is 0.250. The van der Waals surface area contributed by atoms with Gasteiger partial charge in [-0.15, -0.1) is 0 Å². The predicted octanol–water partition coefficient (Wildman–Crippen LogP) is 0.393. The van der Waals surface area contributed by atoms with Gasteiger partial charge in [0.1, 0.15) is 11.6 Å². The number of nitrogens with two attached hydrogens (primary N) is 1. The number of hydrogen-bond donors (Lipinski definition) is 2. The molecule has 0 aliphatic carbocycles. The number of pyridine rings is 1. The molecule has 3 rings (SSSR count). The predicted molar refractivity (Wildman–Crippen MR) is 70.0 cm³/mol. The SMILES string of the molecule is NC(=NO)c1ccc(N2CCn3ccnc3C2)nc1. The standard InChI is InChI=1S/C12H14N6O/c13-12(16-19)9-1-2-10(15-7-9)18-6-5-17-4-3-14-11(17)8-18/h1-4,7,19H,5-6,8H2,(H2,13,16). The number of amidine groups is 1. The number of anilines is 1. The zero-order valence-corrected chi connectivity index (χ0v) is 10.3. The van der Waals surface area contributed by atoms with E-state index >= 15 is 0 Å². The van der Waals surface area contributed by atoms with Gasteiger partial charge in [-0.1, -0.05) is 5.16 Å². The topological polar surface area (TPSA) is 92.6 Å². The summed E-state index contributed by atoms with van der Waals surface area (Å²) in [6, 6.07) is 3.66. The number of fused-ring (bicyclic) bond motifs is 1. The summed E-state index contributed by atoms with van der Waals surface area (Å²) in [7, 11) is 0. The number of aromatic nitrogens is 3. The summed E-state index contributed by atoms with van der Waals surface area (Å²) in [4.78, 5) is 10.8. The normalized spacial score (nSPS) is 15.4. The first-order valence-electron chi connectivity index (χ1n) is 5.97. The molecule has 19 heavy (non-hydrogen) atoms. The molecule has 0 spiro atoms. The first-order valence-corrected chi connectivity index (χ1v) is 5.97. The molecule has 0 radical (unpaired) electrons. The molecule has 0 atom stereocenters. The van der Waals surface area contributed by atoms with Crippen LogP contribution in [0.15, 0.2) is 35.9 Å². The molecule has 2 aromatic heterocycles. The molecule has 0 unspecified atom stereocenters. The second kappa shape index (κ2) is 4.60. The summed E-state index contributed by atoms with van der Waals surface area (Å²) in [6.07, 6.45) is 5.40. The Kier molecular flexibility index (Phi) is 2.79. The zero-order valence-electron chi connectivity index (χ0n) is 10.3. The van der Waals surface area contributed by atoms with Crippen LogP contribution in [0.5, 0.6) is 0 Å². The Hall–Kier alpha value is -2.57. The maximum atomic E-state index is 8.61. The lowest BCUT2D eigenvalue weighted by Gasteiger charge is -2.28. The molecule has 3 heterocycles. The summed E-state index contributed by atoms with van der Waals surface area (Å²) in [5.41, 5.74) is 6.11. The van der Waals surface area contributed by atoms with Crippen LogP contribution in [0.25, 0.3) is 0 Å². The van der Waals surface area contributed by atoms with Gasteiger partial charge in [0.15, 0.2) is 5.84 Å². The maximum absolute atomic E-state index is 8.61. The quantitative estimate of drug-likeness (QED) is 0.352.